The summed E-state index contributed by atoms with van der Waals surface area (Å²) in [5.41, 5.74) is 33.8. The monoisotopic (exact) mass is 1810 g/mol. The van der Waals surface area contributed by atoms with Crippen LogP contribution in [0.5, 0.6) is 0 Å². The summed E-state index contributed by atoms with van der Waals surface area (Å²) in [4.78, 5) is 37.8. The predicted octanol–water partition coefficient (Wildman–Crippen LogP) is 26.5. The number of para-hydroxylation sites is 6. The summed E-state index contributed by atoms with van der Waals surface area (Å²) in [5, 5.41) is 24.1. The Morgan fingerprint density at radius 2 is 0.918 bits per heavy atom. The summed E-state index contributed by atoms with van der Waals surface area (Å²) in [6, 6.07) is 52.1. The SMILES string of the molecule is C.CC(=O)c1cn(C)c2c(C)cccc12.CC1=C2N(C)C(=O)CC2(C)CCC1.COCc1cn(C)c2c(C)cccc12.Cc1cc(F)cc2ccn(C)c12.Cc1cccc2c(C(C)C)cn(C)c12.Cc1cccc2c(C=O)cn(C)c12.Cc1cccc2c(CN(C)C)cn(C)c12.Cc1cccc2c(CO)cn(C)c12.Cc1cccc2c1c(C)nn2C.Cc1cn(C)c2c(C)cc(F)cc12. The van der Waals surface area contributed by atoms with E-state index in [0.717, 1.165) is 107 Å². The first-order chi connectivity index (χ1) is 63.0. The third-order valence-electron chi connectivity index (χ3n) is 25.9. The third-order valence-corrected chi connectivity index (χ3v) is 25.9. The van der Waals surface area contributed by atoms with Gasteiger partial charge in [-0.05, 0) is 232 Å². The van der Waals surface area contributed by atoms with Crippen molar-refractivity contribution in [1.29, 1.82) is 0 Å². The topological polar surface area (TPSA) is 144 Å². The minimum atomic E-state index is -0.161. The van der Waals surface area contributed by atoms with E-state index in [0.29, 0.717) is 18.4 Å². The van der Waals surface area contributed by atoms with Gasteiger partial charge in [0.1, 0.15) is 11.6 Å². The highest BCUT2D eigenvalue weighted by atomic mass is 19.1. The van der Waals surface area contributed by atoms with Crippen LogP contribution >= 0.6 is 0 Å². The molecule has 0 radical (unpaired) electrons. The lowest BCUT2D eigenvalue weighted by Gasteiger charge is -2.32. The number of aromatic nitrogens is 10. The molecule has 9 aromatic heterocycles. The Morgan fingerprint density at radius 1 is 0.493 bits per heavy atom. The van der Waals surface area contributed by atoms with Gasteiger partial charge in [0.2, 0.25) is 5.91 Å². The van der Waals surface area contributed by atoms with E-state index in [4.69, 9.17) is 9.84 Å². The lowest BCUT2D eigenvalue weighted by Crippen LogP contribution is -2.25. The van der Waals surface area contributed by atoms with Gasteiger partial charge < -0.3 is 56.2 Å². The molecule has 134 heavy (non-hydrogen) atoms. The van der Waals surface area contributed by atoms with Crippen molar-refractivity contribution in [2.24, 2.45) is 68.8 Å². The van der Waals surface area contributed by atoms with Crippen LogP contribution in [0, 0.1) is 93.2 Å². The van der Waals surface area contributed by atoms with Gasteiger partial charge in [-0.25, -0.2) is 8.78 Å². The highest BCUT2D eigenvalue weighted by molar-refractivity contribution is 6.08. The number of allylic oxidation sites excluding steroid dienone is 2. The second kappa shape index (κ2) is 44.3. The molecule has 1 N–H and O–H groups in total. The van der Waals surface area contributed by atoms with Gasteiger partial charge in [0.05, 0.1) is 68.6 Å². The number of nitrogens with zero attached hydrogens (tertiary/aromatic N) is 12. The van der Waals surface area contributed by atoms with Gasteiger partial charge in [-0.3, -0.25) is 19.1 Å². The third kappa shape index (κ3) is 22.6. The molecule has 1 atom stereocenters. The largest absolute Gasteiger partial charge is 0.392 e. The molecule has 18 aromatic rings. The number of rotatable bonds is 8. The van der Waals surface area contributed by atoms with Crippen molar-refractivity contribution in [2.75, 3.05) is 28.3 Å². The number of carbonyl (C=O) groups is 3. The maximum atomic E-state index is 13.1. The van der Waals surface area contributed by atoms with E-state index < -0.39 is 0 Å². The first kappa shape index (κ1) is 103. The molecular formula is C115H142F2N12O5. The first-order valence-corrected chi connectivity index (χ1v) is 45.8. The zero-order valence-electron chi connectivity index (χ0n) is 83.9. The number of amides is 1. The molecule has 1 fully saturated rings. The standard InChI is InChI=1S/C13H18N2.C13H17N.C12H15NO.C12H13NO.C11H12FN.C11H17NO.C11H13NO.C11H11NO.C10H10FN.C10H12N2.CH4/c1-10-6-5-7-12-11(8-14(2)3)9-15(4)13(10)12;1-9(2)12-8-14(4)13-10(3)6-5-7-11(12)13;1-9-5-4-6-11-10(8-14-3)7-13(2)12(9)11;1-8-5-4-6-10-11(9(2)14)7-13(3)12(8)10;1-7-4-9(12)5-10-8(2)6-13(3)11(7)10;1-8-5-4-6-11(2)7-9(13)12(3)10(8)11;2*1-8-4-3-5-10-9(7-13)6-12(2)11(8)10;1-7-5-9(11)6-8-3-4-12(2)10(7)8;1-7-5-4-6-9-10(7)8(2)11-12(9)3;/h5-7,9H,8H2,1-4H3;5-9H,1-4H3;4-7H,8H2,1-3H3;4-7H,1-3H3;4-6H,1-3H3;4-7H2,1-3H3;3-6,13H,7H2,1-2H3;3-7H,1-2H3;3-6H,1-2H3;4-6H,1-3H3;1H4. The van der Waals surface area contributed by atoms with Crippen molar-refractivity contribution < 1.29 is 33.0 Å². The van der Waals surface area contributed by atoms with E-state index in [1.165, 1.54) is 135 Å². The van der Waals surface area contributed by atoms with Crippen LogP contribution in [0.1, 0.15) is 178 Å². The second-order valence-corrected chi connectivity index (χ2v) is 37.3. The number of aryl methyl sites for hydroxylation is 20. The van der Waals surface area contributed by atoms with Crippen molar-refractivity contribution in [3.8, 4) is 0 Å². The fraction of sp³-hybridized carbons (Fsp3) is 0.339. The van der Waals surface area contributed by atoms with Crippen LogP contribution in [0.3, 0.4) is 0 Å². The fourth-order valence-electron chi connectivity index (χ4n) is 20.3. The zero-order chi connectivity index (χ0) is 97.2. The molecule has 0 saturated carbocycles. The van der Waals surface area contributed by atoms with Crippen LogP contribution in [-0.4, -0.2) is 107 Å². The van der Waals surface area contributed by atoms with Crippen LogP contribution in [-0.2, 0) is 92.7 Å². The summed E-state index contributed by atoms with van der Waals surface area (Å²) >= 11 is 0. The summed E-state index contributed by atoms with van der Waals surface area (Å²) in [6.07, 6.45) is 21.6. The van der Waals surface area contributed by atoms with E-state index in [9.17, 15) is 23.2 Å². The van der Waals surface area contributed by atoms with Gasteiger partial charge in [0.15, 0.2) is 12.1 Å². The molecule has 2 aliphatic rings. The van der Waals surface area contributed by atoms with Crippen LogP contribution in [0.25, 0.3) is 98.1 Å². The van der Waals surface area contributed by atoms with Crippen molar-refractivity contribution >= 4 is 116 Å². The van der Waals surface area contributed by atoms with Gasteiger partial charge in [-0.2, -0.15) is 5.10 Å². The van der Waals surface area contributed by atoms with E-state index in [2.05, 4.69) is 256 Å². The smallest absolute Gasteiger partial charge is 0.227 e. The summed E-state index contributed by atoms with van der Waals surface area (Å²) in [5.74, 6) is 0.700. The Hall–Kier alpha value is -12.9. The quantitative estimate of drug-likeness (QED) is 0.118. The molecule has 1 unspecified atom stereocenters. The number of ketones is 1. The Kier molecular flexibility index (Phi) is 34.1. The van der Waals surface area contributed by atoms with Crippen molar-refractivity contribution in [2.45, 2.75) is 170 Å². The number of Topliss-reactive ketones (excluding diaryl/α,β-unsaturated/α-hetero) is 1. The van der Waals surface area contributed by atoms with Gasteiger partial charge in [0.25, 0.3) is 0 Å². The molecule has 0 bridgehead atoms. The lowest BCUT2D eigenvalue weighted by molar-refractivity contribution is -0.126. The van der Waals surface area contributed by atoms with Crippen molar-refractivity contribution in [3.05, 3.63) is 325 Å². The molecule has 1 aliphatic heterocycles. The molecule has 20 rings (SSSR count). The number of carbonyl (C=O) groups excluding carboxylic acids is 3. The maximum Gasteiger partial charge on any atom is 0.227 e. The minimum absolute atomic E-state index is 0. The molecule has 9 aromatic carbocycles. The predicted molar refractivity (Wildman–Crippen MR) is 558 cm³/mol. The van der Waals surface area contributed by atoms with Crippen molar-refractivity contribution in [3.63, 3.8) is 0 Å². The number of aldehydes is 1. The molecule has 1 saturated heterocycles. The van der Waals surface area contributed by atoms with E-state index >= 15 is 0 Å². The number of halogens is 2. The first-order valence-electron chi connectivity index (χ1n) is 45.8. The number of fused-ring (bicyclic) bond motifs is 10. The number of benzene rings is 9. The van der Waals surface area contributed by atoms with Crippen LogP contribution < -0.4 is 0 Å². The number of ether oxygens (including phenoxy) is 1. The van der Waals surface area contributed by atoms with Gasteiger partial charge in [0, 0.05) is 222 Å². The molecule has 706 valence electrons. The van der Waals surface area contributed by atoms with Crippen LogP contribution in [0.4, 0.5) is 8.78 Å². The average Bonchev–Trinajstić information content (AvgIpc) is 1.61. The molecule has 0 spiro atoms. The molecule has 1 aliphatic carbocycles. The fourth-order valence-corrected chi connectivity index (χ4v) is 20.3. The highest BCUT2D eigenvalue weighted by Gasteiger charge is 2.45. The van der Waals surface area contributed by atoms with Gasteiger partial charge in [-0.15, -0.1) is 0 Å². The Morgan fingerprint density at radius 3 is 1.43 bits per heavy atom. The summed E-state index contributed by atoms with van der Waals surface area (Å²) in [7, 11) is 26.1. The molecule has 10 heterocycles. The van der Waals surface area contributed by atoms with E-state index in [1.807, 2.05) is 171 Å². The number of hydrogen-bond acceptors (Lipinski definition) is 7. The Balaban J connectivity index is 0.000000154. The Bertz CT molecular complexity index is 7300. The normalized spacial score (nSPS) is 13.2. The number of aliphatic hydroxyl groups excluding tert-OH is 1. The Labute approximate surface area is 792 Å². The lowest BCUT2D eigenvalue weighted by atomic mass is 9.75. The van der Waals surface area contributed by atoms with Crippen LogP contribution in [0.2, 0.25) is 0 Å². The van der Waals surface area contributed by atoms with E-state index in [1.54, 1.807) is 38.3 Å². The zero-order valence-corrected chi connectivity index (χ0v) is 83.9. The number of hydrogen-bond donors (Lipinski definition) is 1. The number of methoxy groups -OCH3 is 1. The molecular weight excluding hydrogens is 1670 g/mol. The summed E-state index contributed by atoms with van der Waals surface area (Å²) in [6.45, 7) is 35.0. The van der Waals surface area contributed by atoms with Crippen molar-refractivity contribution in [1.82, 2.24) is 56.1 Å². The average molecular weight is 1810 g/mol. The van der Waals surface area contributed by atoms with Gasteiger partial charge in [-0.1, -0.05) is 155 Å². The minimum Gasteiger partial charge on any atom is -0.392 e. The highest BCUT2D eigenvalue weighted by Crippen LogP contribution is 2.49. The summed E-state index contributed by atoms with van der Waals surface area (Å²) < 4.78 is 49.8. The molecule has 19 heteroatoms. The number of likely N-dealkylation sites (tertiary alicyclic amines) is 1. The second-order valence-electron chi connectivity index (χ2n) is 37.3. The maximum absolute atomic E-state index is 13.1. The van der Waals surface area contributed by atoms with Gasteiger partial charge >= 0.3 is 0 Å². The van der Waals surface area contributed by atoms with Crippen LogP contribution in [0.15, 0.2) is 219 Å². The molecule has 1 amide bonds. The number of aliphatic hydroxyl groups is 1. The van der Waals surface area contributed by atoms with E-state index in [-0.39, 0.29) is 36.9 Å². The molecule has 17 nitrogen and oxygen atoms in total.